The zero-order valence-corrected chi connectivity index (χ0v) is 20.8. The summed E-state index contributed by atoms with van der Waals surface area (Å²) < 4.78 is 5.32. The first kappa shape index (κ1) is 26.4. The van der Waals surface area contributed by atoms with Crippen LogP contribution < -0.4 is 5.73 Å². The van der Waals surface area contributed by atoms with Crippen LogP contribution in [-0.2, 0) is 25.5 Å². The van der Waals surface area contributed by atoms with Gasteiger partial charge in [0, 0.05) is 11.5 Å². The van der Waals surface area contributed by atoms with Gasteiger partial charge in [0.2, 0.25) is 5.78 Å². The molecule has 1 unspecified atom stereocenters. The predicted molar refractivity (Wildman–Crippen MR) is 129 cm³/mol. The minimum Gasteiger partial charge on any atom is -0.508 e. The molecule has 1 amide bonds. The fraction of sp³-hybridized carbons (Fsp3) is 0.462. The standard InChI is InChI=1S/C26H30N2O9/c1-4-5-8-37-25(35)12-6-7-15(29)17-13(12)9-11-10-14-19(28(2)3)21(31)18(24(27)34)23(33)26(14,36)22(32)16(11)20(17)30/h6-7,11,14,19,29-30,33,36H,4-5,8-10H2,1-3H3,(H2,27,34)/t11-,14-,19?,26-/m1/s1. The monoisotopic (exact) mass is 514 g/mol. The van der Waals surface area contributed by atoms with Crippen LogP contribution in [0.3, 0.4) is 0 Å². The largest absolute Gasteiger partial charge is 0.508 e. The van der Waals surface area contributed by atoms with Gasteiger partial charge in [-0.25, -0.2) is 4.79 Å². The smallest absolute Gasteiger partial charge is 0.338 e. The number of nitrogens with zero attached hydrogens (tertiary/aromatic N) is 1. The van der Waals surface area contributed by atoms with Gasteiger partial charge in [-0.3, -0.25) is 19.3 Å². The number of Topliss-reactive ketones (excluding diaryl/α,β-unsaturated/α-hetero) is 2. The molecule has 1 aromatic carbocycles. The Morgan fingerprint density at radius 1 is 1.19 bits per heavy atom. The number of nitrogens with two attached hydrogens (primary N) is 1. The van der Waals surface area contributed by atoms with Crippen molar-refractivity contribution in [3.63, 3.8) is 0 Å². The number of aliphatic hydroxyl groups excluding tert-OH is 2. The molecule has 1 fully saturated rings. The van der Waals surface area contributed by atoms with Crippen molar-refractivity contribution >= 4 is 29.2 Å². The number of amides is 1. The third-order valence-corrected chi connectivity index (χ3v) is 7.56. The summed E-state index contributed by atoms with van der Waals surface area (Å²) in [5.41, 5.74) is 1.68. The molecule has 0 saturated heterocycles. The number of rotatable bonds is 6. The number of carbonyl (C=O) groups is 4. The molecule has 1 aromatic rings. The minimum absolute atomic E-state index is 0.0150. The number of hydrogen-bond donors (Lipinski definition) is 5. The highest BCUT2D eigenvalue weighted by molar-refractivity contribution is 6.24. The SMILES string of the molecule is CCCCOC(=O)c1ccc(O)c2c1C[C@@H]1C[C@@H]3C(N(C)C)C(=O)C(C(N)=O)=C(O)[C@]3(O)C(=O)C1=C2O. The fourth-order valence-corrected chi connectivity index (χ4v) is 5.82. The number of aromatic hydroxyl groups is 1. The van der Waals surface area contributed by atoms with Crippen molar-refractivity contribution in [2.75, 3.05) is 20.7 Å². The van der Waals surface area contributed by atoms with Crippen LogP contribution in [0.15, 0.2) is 29.0 Å². The van der Waals surface area contributed by atoms with Crippen LogP contribution in [0.25, 0.3) is 5.76 Å². The Kier molecular flexibility index (Phi) is 6.63. The quantitative estimate of drug-likeness (QED) is 0.207. The van der Waals surface area contributed by atoms with E-state index in [1.54, 1.807) is 0 Å². The summed E-state index contributed by atoms with van der Waals surface area (Å²) >= 11 is 0. The molecule has 11 nitrogen and oxygen atoms in total. The highest BCUT2D eigenvalue weighted by Crippen LogP contribution is 2.52. The average molecular weight is 515 g/mol. The number of esters is 1. The van der Waals surface area contributed by atoms with Crippen molar-refractivity contribution < 1.29 is 44.3 Å². The lowest BCUT2D eigenvalue weighted by Gasteiger charge is -2.50. The molecular weight excluding hydrogens is 484 g/mol. The molecule has 3 aliphatic carbocycles. The number of unbranched alkanes of at least 4 members (excludes halogenated alkanes) is 1. The Bertz CT molecular complexity index is 1280. The lowest BCUT2D eigenvalue weighted by Crippen LogP contribution is -2.65. The first-order chi connectivity index (χ1) is 17.4. The number of fused-ring (bicyclic) bond motifs is 3. The van der Waals surface area contributed by atoms with E-state index < -0.39 is 69.8 Å². The number of aliphatic hydroxyl groups is 3. The third-order valence-electron chi connectivity index (χ3n) is 7.56. The van der Waals surface area contributed by atoms with E-state index in [4.69, 9.17) is 10.5 Å². The zero-order chi connectivity index (χ0) is 27.4. The molecule has 6 N–H and O–H groups in total. The van der Waals surface area contributed by atoms with E-state index in [0.717, 1.165) is 6.42 Å². The topological polar surface area (TPSA) is 188 Å². The first-order valence-corrected chi connectivity index (χ1v) is 12.0. The number of phenols is 1. The normalized spacial score (nSPS) is 27.1. The van der Waals surface area contributed by atoms with E-state index in [9.17, 15) is 39.6 Å². The second-order valence-electron chi connectivity index (χ2n) is 9.94. The fourth-order valence-electron chi connectivity index (χ4n) is 5.82. The third kappa shape index (κ3) is 3.80. The van der Waals surface area contributed by atoms with E-state index in [1.165, 1.54) is 31.1 Å². The summed E-state index contributed by atoms with van der Waals surface area (Å²) in [5, 5.41) is 44.2. The molecule has 0 radical (unpaired) electrons. The van der Waals surface area contributed by atoms with Crippen LogP contribution in [0.4, 0.5) is 0 Å². The van der Waals surface area contributed by atoms with Gasteiger partial charge in [0.15, 0.2) is 11.4 Å². The number of ether oxygens (including phenoxy) is 1. The number of benzene rings is 1. The Balaban J connectivity index is 1.90. The zero-order valence-electron chi connectivity index (χ0n) is 20.8. The molecule has 3 aliphatic rings. The lowest BCUT2D eigenvalue weighted by atomic mass is 9.57. The molecule has 1 saturated carbocycles. The molecule has 0 aliphatic heterocycles. The number of carbonyl (C=O) groups excluding carboxylic acids is 4. The summed E-state index contributed by atoms with van der Waals surface area (Å²) in [6.45, 7) is 2.13. The van der Waals surface area contributed by atoms with Crippen molar-refractivity contribution in [3.8, 4) is 5.75 Å². The molecule has 4 rings (SSSR count). The molecule has 0 heterocycles. The highest BCUT2D eigenvalue weighted by atomic mass is 16.5. The van der Waals surface area contributed by atoms with Crippen LogP contribution >= 0.6 is 0 Å². The number of likely N-dealkylation sites (N-methyl/N-ethyl adjacent to an activating group) is 1. The number of ketones is 2. The van der Waals surface area contributed by atoms with Crippen molar-refractivity contribution in [3.05, 3.63) is 45.7 Å². The molecule has 0 aromatic heterocycles. The van der Waals surface area contributed by atoms with E-state index in [-0.39, 0.29) is 41.7 Å². The van der Waals surface area contributed by atoms with Gasteiger partial charge in [0.05, 0.1) is 23.8 Å². The maximum absolute atomic E-state index is 13.8. The molecular formula is C26H30N2O9. The van der Waals surface area contributed by atoms with Crippen LogP contribution in [-0.4, -0.2) is 81.1 Å². The highest BCUT2D eigenvalue weighted by Gasteiger charge is 2.64. The van der Waals surface area contributed by atoms with Gasteiger partial charge in [0.25, 0.3) is 5.91 Å². The summed E-state index contributed by atoms with van der Waals surface area (Å²) in [4.78, 5) is 53.1. The summed E-state index contributed by atoms with van der Waals surface area (Å²) in [6, 6.07) is 1.39. The van der Waals surface area contributed by atoms with Crippen molar-refractivity contribution in [2.24, 2.45) is 17.6 Å². The number of hydrogen-bond acceptors (Lipinski definition) is 10. The van der Waals surface area contributed by atoms with Crippen LogP contribution in [0.1, 0.15) is 47.7 Å². The Morgan fingerprint density at radius 2 is 1.86 bits per heavy atom. The maximum atomic E-state index is 13.8. The van der Waals surface area contributed by atoms with Crippen molar-refractivity contribution in [1.82, 2.24) is 4.90 Å². The molecule has 0 bridgehead atoms. The number of phenolic OH excluding ortho intramolecular Hbond substituents is 1. The first-order valence-electron chi connectivity index (χ1n) is 12.0. The lowest BCUT2D eigenvalue weighted by molar-refractivity contribution is -0.153. The van der Waals surface area contributed by atoms with Crippen molar-refractivity contribution in [1.29, 1.82) is 0 Å². The predicted octanol–water partition coefficient (Wildman–Crippen LogP) is 0.921. The van der Waals surface area contributed by atoms with Gasteiger partial charge >= 0.3 is 5.97 Å². The molecule has 37 heavy (non-hydrogen) atoms. The van der Waals surface area contributed by atoms with E-state index >= 15 is 0 Å². The number of primary amides is 1. The van der Waals surface area contributed by atoms with Gasteiger partial charge in [-0.2, -0.15) is 0 Å². The van der Waals surface area contributed by atoms with E-state index in [0.29, 0.717) is 6.42 Å². The second kappa shape index (κ2) is 9.31. The molecule has 4 atom stereocenters. The van der Waals surface area contributed by atoms with Gasteiger partial charge in [-0.1, -0.05) is 13.3 Å². The minimum atomic E-state index is -2.71. The maximum Gasteiger partial charge on any atom is 0.338 e. The second-order valence-corrected chi connectivity index (χ2v) is 9.94. The van der Waals surface area contributed by atoms with Gasteiger partial charge in [-0.05, 0) is 57.0 Å². The molecule has 0 spiro atoms. The molecule has 11 heteroatoms. The van der Waals surface area contributed by atoms with Crippen LogP contribution in [0.2, 0.25) is 0 Å². The van der Waals surface area contributed by atoms with Crippen molar-refractivity contribution in [2.45, 2.75) is 44.2 Å². The van der Waals surface area contributed by atoms with Gasteiger partial charge in [-0.15, -0.1) is 0 Å². The van der Waals surface area contributed by atoms with E-state index in [1.807, 2.05) is 6.92 Å². The average Bonchev–Trinajstić information content (AvgIpc) is 2.81. The summed E-state index contributed by atoms with van der Waals surface area (Å²) in [6.07, 6.45) is 1.42. The van der Waals surface area contributed by atoms with E-state index in [2.05, 4.69) is 0 Å². The Labute approximate surface area is 212 Å². The Hall–Kier alpha value is -3.70. The van der Waals surface area contributed by atoms with Gasteiger partial charge < -0.3 is 30.9 Å². The van der Waals surface area contributed by atoms with Crippen LogP contribution in [0.5, 0.6) is 5.75 Å². The van der Waals surface area contributed by atoms with Gasteiger partial charge in [0.1, 0.15) is 22.8 Å². The Morgan fingerprint density at radius 3 is 2.46 bits per heavy atom. The van der Waals surface area contributed by atoms with Crippen LogP contribution in [0, 0.1) is 11.8 Å². The summed E-state index contributed by atoms with van der Waals surface area (Å²) in [7, 11) is 3.05. The molecule has 198 valence electrons. The summed E-state index contributed by atoms with van der Waals surface area (Å²) in [5.74, 6) is -8.05.